The molecule has 0 aliphatic rings. The Hall–Kier alpha value is -3.11. The largest absolute Gasteiger partial charge is 0.416 e. The van der Waals surface area contributed by atoms with Gasteiger partial charge in [0.05, 0.1) is 26.7 Å². The van der Waals surface area contributed by atoms with Gasteiger partial charge in [-0.2, -0.15) is 13.2 Å². The predicted octanol–water partition coefficient (Wildman–Crippen LogP) is 5.86. The zero-order chi connectivity index (χ0) is 23.7. The fourth-order valence-corrected chi connectivity index (χ4v) is 4.01. The Kier molecular flexibility index (Phi) is 6.47. The van der Waals surface area contributed by atoms with Gasteiger partial charge in [0.15, 0.2) is 0 Å². The Balaban J connectivity index is 1.89. The highest BCUT2D eigenvalue weighted by molar-refractivity contribution is 7.92. The first kappa shape index (κ1) is 23.6. The molecule has 168 valence electrons. The van der Waals surface area contributed by atoms with Gasteiger partial charge in [-0.25, -0.2) is 12.8 Å². The summed E-state index contributed by atoms with van der Waals surface area (Å²) in [6, 6.07) is 10.9. The van der Waals surface area contributed by atoms with Gasteiger partial charge in [0.1, 0.15) is 5.82 Å². The minimum absolute atomic E-state index is 0.104. The van der Waals surface area contributed by atoms with E-state index in [4.69, 9.17) is 11.6 Å². The molecule has 0 unspecified atom stereocenters. The van der Waals surface area contributed by atoms with E-state index >= 15 is 0 Å². The van der Waals surface area contributed by atoms with Gasteiger partial charge < -0.3 is 5.32 Å². The third-order valence-corrected chi connectivity index (χ3v) is 6.02. The van der Waals surface area contributed by atoms with Crippen LogP contribution in [0.15, 0.2) is 65.6 Å². The van der Waals surface area contributed by atoms with Crippen LogP contribution >= 0.6 is 11.6 Å². The van der Waals surface area contributed by atoms with Gasteiger partial charge in [0, 0.05) is 5.69 Å². The summed E-state index contributed by atoms with van der Waals surface area (Å²) in [7, 11) is -4.37. The Morgan fingerprint density at radius 3 is 2.38 bits per heavy atom. The molecule has 0 radical (unpaired) electrons. The highest BCUT2D eigenvalue weighted by atomic mass is 35.5. The molecular weight excluding hydrogens is 472 g/mol. The van der Waals surface area contributed by atoms with Gasteiger partial charge in [0.2, 0.25) is 0 Å². The molecule has 1 amide bonds. The fraction of sp³-hybridized carbons (Fsp3) is 0.0952. The minimum Gasteiger partial charge on any atom is -0.319 e. The molecule has 5 nitrogen and oxygen atoms in total. The first-order valence-electron chi connectivity index (χ1n) is 8.94. The third kappa shape index (κ3) is 5.38. The molecule has 0 aliphatic heterocycles. The number of hydrogen-bond acceptors (Lipinski definition) is 3. The zero-order valence-electron chi connectivity index (χ0n) is 16.3. The molecule has 11 heteroatoms. The first-order valence-corrected chi connectivity index (χ1v) is 10.8. The molecule has 0 aliphatic carbocycles. The number of halogens is 5. The summed E-state index contributed by atoms with van der Waals surface area (Å²) in [5, 5.41) is 2.20. The molecule has 0 heterocycles. The highest BCUT2D eigenvalue weighted by Gasteiger charge is 2.31. The first-order chi connectivity index (χ1) is 14.9. The molecule has 3 rings (SSSR count). The number of carbonyl (C=O) groups is 1. The number of benzene rings is 3. The molecule has 2 N–H and O–H groups in total. The van der Waals surface area contributed by atoms with E-state index in [2.05, 4.69) is 5.32 Å². The summed E-state index contributed by atoms with van der Waals surface area (Å²) in [6.07, 6.45) is -4.65. The number of amides is 1. The SMILES string of the molecule is Cc1ccc(NC(=O)c2cc(S(=O)(=O)Nc3cccc(C(F)(F)F)c3)ccc2Cl)c(F)c1. The van der Waals surface area contributed by atoms with Crippen molar-refractivity contribution in [2.45, 2.75) is 18.0 Å². The average molecular weight is 487 g/mol. The summed E-state index contributed by atoms with van der Waals surface area (Å²) in [6.45, 7) is 1.66. The van der Waals surface area contributed by atoms with Crippen molar-refractivity contribution in [3.8, 4) is 0 Å². The molecule has 0 saturated carbocycles. The number of hydrogen-bond donors (Lipinski definition) is 2. The number of nitrogens with one attached hydrogen (secondary N) is 2. The number of anilines is 2. The lowest BCUT2D eigenvalue weighted by Crippen LogP contribution is -2.17. The normalized spacial score (nSPS) is 11.8. The van der Waals surface area contributed by atoms with Crippen LogP contribution in [-0.4, -0.2) is 14.3 Å². The van der Waals surface area contributed by atoms with E-state index in [0.29, 0.717) is 11.6 Å². The van der Waals surface area contributed by atoms with Crippen molar-refractivity contribution in [2.75, 3.05) is 10.0 Å². The van der Waals surface area contributed by atoms with Crippen molar-refractivity contribution >= 4 is 38.9 Å². The van der Waals surface area contributed by atoms with Crippen LogP contribution in [0.1, 0.15) is 21.5 Å². The Labute approximate surface area is 186 Å². The average Bonchev–Trinajstić information content (AvgIpc) is 2.69. The number of alkyl halides is 3. The Morgan fingerprint density at radius 2 is 1.72 bits per heavy atom. The van der Waals surface area contributed by atoms with Crippen LogP contribution in [0.25, 0.3) is 0 Å². The Morgan fingerprint density at radius 1 is 1.00 bits per heavy atom. The summed E-state index contributed by atoms with van der Waals surface area (Å²) in [4.78, 5) is 12.1. The zero-order valence-corrected chi connectivity index (χ0v) is 17.9. The van der Waals surface area contributed by atoms with Crippen molar-refractivity contribution in [1.29, 1.82) is 0 Å². The highest BCUT2D eigenvalue weighted by Crippen LogP contribution is 2.31. The lowest BCUT2D eigenvalue weighted by Gasteiger charge is -2.13. The van der Waals surface area contributed by atoms with Gasteiger partial charge in [-0.15, -0.1) is 0 Å². The van der Waals surface area contributed by atoms with Crippen LogP contribution in [0.3, 0.4) is 0 Å². The van der Waals surface area contributed by atoms with Crippen LogP contribution in [0.2, 0.25) is 5.02 Å². The molecule has 3 aromatic rings. The lowest BCUT2D eigenvalue weighted by atomic mass is 10.2. The van der Waals surface area contributed by atoms with Crippen LogP contribution in [-0.2, 0) is 16.2 Å². The van der Waals surface area contributed by atoms with Crippen LogP contribution in [0, 0.1) is 12.7 Å². The second kappa shape index (κ2) is 8.79. The molecule has 32 heavy (non-hydrogen) atoms. The number of sulfonamides is 1. The van der Waals surface area contributed by atoms with Gasteiger partial charge in [0.25, 0.3) is 15.9 Å². The summed E-state index contributed by atoms with van der Waals surface area (Å²) >= 11 is 6.01. The van der Waals surface area contributed by atoms with Crippen molar-refractivity contribution in [3.05, 3.63) is 88.2 Å². The maximum Gasteiger partial charge on any atom is 0.416 e. The van der Waals surface area contributed by atoms with Crippen LogP contribution < -0.4 is 10.0 Å². The predicted molar refractivity (Wildman–Crippen MR) is 113 cm³/mol. The van der Waals surface area contributed by atoms with E-state index in [-0.39, 0.29) is 22.0 Å². The van der Waals surface area contributed by atoms with Gasteiger partial charge in [-0.05, 0) is 61.0 Å². The maximum atomic E-state index is 14.0. The van der Waals surface area contributed by atoms with Crippen LogP contribution in [0.4, 0.5) is 28.9 Å². The lowest BCUT2D eigenvalue weighted by molar-refractivity contribution is -0.137. The van der Waals surface area contributed by atoms with Crippen LogP contribution in [0.5, 0.6) is 0 Å². The molecule has 0 atom stereocenters. The van der Waals surface area contributed by atoms with E-state index < -0.39 is 38.4 Å². The minimum atomic E-state index is -4.65. The molecule has 3 aromatic carbocycles. The number of carbonyl (C=O) groups excluding carboxylic acids is 1. The number of rotatable bonds is 5. The molecule has 0 fully saturated rings. The van der Waals surface area contributed by atoms with Gasteiger partial charge in [-0.3, -0.25) is 9.52 Å². The summed E-state index contributed by atoms with van der Waals surface area (Å²) in [5.41, 5.74) is -1.12. The summed E-state index contributed by atoms with van der Waals surface area (Å²) < 4.78 is 80.0. The fourth-order valence-electron chi connectivity index (χ4n) is 2.73. The maximum absolute atomic E-state index is 14.0. The quantitative estimate of drug-likeness (QED) is 0.444. The molecular formula is C21H15ClF4N2O3S. The van der Waals surface area contributed by atoms with Gasteiger partial charge in [-0.1, -0.05) is 23.7 Å². The van der Waals surface area contributed by atoms with E-state index in [1.54, 1.807) is 13.0 Å². The van der Waals surface area contributed by atoms with E-state index in [1.807, 2.05) is 4.72 Å². The van der Waals surface area contributed by atoms with E-state index in [9.17, 15) is 30.8 Å². The smallest absolute Gasteiger partial charge is 0.319 e. The summed E-state index contributed by atoms with van der Waals surface area (Å²) in [5.74, 6) is -1.56. The van der Waals surface area contributed by atoms with Gasteiger partial charge >= 0.3 is 6.18 Å². The Bertz CT molecular complexity index is 1290. The monoisotopic (exact) mass is 486 g/mol. The van der Waals surface area contributed by atoms with Crippen molar-refractivity contribution in [1.82, 2.24) is 0 Å². The number of aryl methyl sites for hydroxylation is 1. The topological polar surface area (TPSA) is 75.3 Å². The second-order valence-corrected chi connectivity index (χ2v) is 8.85. The second-order valence-electron chi connectivity index (χ2n) is 6.76. The molecule has 0 bridgehead atoms. The molecule has 0 aromatic heterocycles. The van der Waals surface area contributed by atoms with Crippen molar-refractivity contribution in [3.63, 3.8) is 0 Å². The van der Waals surface area contributed by atoms with E-state index in [0.717, 1.165) is 36.4 Å². The molecule has 0 saturated heterocycles. The third-order valence-electron chi connectivity index (χ3n) is 4.31. The van der Waals surface area contributed by atoms with Crippen molar-refractivity contribution in [2.24, 2.45) is 0 Å². The van der Waals surface area contributed by atoms with E-state index in [1.165, 1.54) is 12.1 Å². The standard InChI is InChI=1S/C21H15ClF4N2O3S/c1-12-5-8-19(18(23)9-12)27-20(29)16-11-15(6-7-17(16)22)32(30,31)28-14-4-2-3-13(10-14)21(24,25)26/h2-11,28H,1H3,(H,27,29). The van der Waals surface area contributed by atoms with Crippen molar-refractivity contribution < 1.29 is 30.8 Å². The molecule has 0 spiro atoms.